The first-order valence-electron chi connectivity index (χ1n) is 5.16. The highest BCUT2D eigenvalue weighted by molar-refractivity contribution is 9.11. The summed E-state index contributed by atoms with van der Waals surface area (Å²) in [5, 5.41) is -0.0865. The van der Waals surface area contributed by atoms with E-state index >= 15 is 0 Å². The molecule has 1 aromatic carbocycles. The van der Waals surface area contributed by atoms with Crippen molar-refractivity contribution in [3.63, 3.8) is 0 Å². The van der Waals surface area contributed by atoms with Gasteiger partial charge in [0.05, 0.1) is 10.7 Å². The van der Waals surface area contributed by atoms with Gasteiger partial charge in [-0.15, -0.1) is 0 Å². The van der Waals surface area contributed by atoms with E-state index in [0.29, 0.717) is 15.2 Å². The van der Waals surface area contributed by atoms with Crippen LogP contribution in [-0.4, -0.2) is 21.9 Å². The number of nitrogens with zero attached hydrogens (tertiary/aromatic N) is 2. The van der Waals surface area contributed by atoms with Crippen molar-refractivity contribution in [3.8, 4) is 5.69 Å². The summed E-state index contributed by atoms with van der Waals surface area (Å²) in [5.74, 6) is 0. The van der Waals surface area contributed by atoms with Crippen LogP contribution in [0.3, 0.4) is 0 Å². The van der Waals surface area contributed by atoms with Crippen LogP contribution in [0.5, 0.6) is 0 Å². The van der Waals surface area contributed by atoms with Crippen LogP contribution in [0.1, 0.15) is 0 Å². The molecule has 0 aliphatic carbocycles. The van der Waals surface area contributed by atoms with Crippen molar-refractivity contribution in [2.24, 2.45) is 0 Å². The minimum Gasteiger partial charge on any atom is -0.290 e. The largest absolute Gasteiger partial charge is 0.364 e. The van der Waals surface area contributed by atoms with Crippen molar-refractivity contribution < 1.29 is 12.8 Å². The number of sulfone groups is 1. The highest BCUT2D eigenvalue weighted by atomic mass is 79.9. The molecule has 22 heavy (non-hydrogen) atoms. The van der Waals surface area contributed by atoms with Gasteiger partial charge >= 0.3 is 3.92 Å². The van der Waals surface area contributed by atoms with Gasteiger partial charge in [-0.25, -0.2) is 13.4 Å². The summed E-state index contributed by atoms with van der Waals surface area (Å²) >= 11 is 28.3. The molecule has 2 rings (SSSR count). The molecule has 1 aromatic heterocycles. The van der Waals surface area contributed by atoms with Crippen LogP contribution in [0.25, 0.3) is 5.69 Å². The van der Waals surface area contributed by atoms with E-state index in [9.17, 15) is 12.8 Å². The Kier molecular flexibility index (Phi) is 5.45. The van der Waals surface area contributed by atoms with Gasteiger partial charge in [0.25, 0.3) is 9.84 Å². The summed E-state index contributed by atoms with van der Waals surface area (Å²) < 4.78 is 35.5. The van der Waals surface area contributed by atoms with E-state index in [1.807, 2.05) is 0 Å². The van der Waals surface area contributed by atoms with E-state index in [2.05, 4.69) is 36.8 Å². The van der Waals surface area contributed by atoms with Crippen molar-refractivity contribution in [1.29, 1.82) is 0 Å². The normalized spacial score (nSPS) is 12.7. The van der Waals surface area contributed by atoms with Crippen molar-refractivity contribution in [2.45, 2.75) is 8.95 Å². The maximum absolute atomic E-state index is 13.5. The fourth-order valence-electron chi connectivity index (χ4n) is 1.53. The highest BCUT2D eigenvalue weighted by Gasteiger charge is 2.45. The van der Waals surface area contributed by atoms with Crippen LogP contribution in [0.2, 0.25) is 10.0 Å². The Bertz CT molecular complexity index is 828. The summed E-state index contributed by atoms with van der Waals surface area (Å²) in [6.45, 7) is 0. The monoisotopic (exact) mass is 532 g/mol. The molecule has 0 saturated heterocycles. The molecule has 0 aliphatic heterocycles. The molecule has 0 atom stereocenters. The zero-order valence-electron chi connectivity index (χ0n) is 10.00. The molecule has 4 nitrogen and oxygen atoms in total. The number of hydrogen-bond acceptors (Lipinski definition) is 3. The third-order valence-electron chi connectivity index (χ3n) is 2.46. The van der Waals surface area contributed by atoms with Crippen molar-refractivity contribution in [1.82, 2.24) is 9.55 Å². The van der Waals surface area contributed by atoms with Crippen LogP contribution in [0.4, 0.5) is 4.39 Å². The summed E-state index contributed by atoms with van der Waals surface area (Å²) in [5.41, 5.74) is 0.348. The quantitative estimate of drug-likeness (QED) is 0.485. The number of hydrogen-bond donors (Lipinski definition) is 0. The lowest BCUT2D eigenvalue weighted by Crippen LogP contribution is -2.21. The average Bonchev–Trinajstić information content (AvgIpc) is 2.69. The molecule has 0 N–H and O–H groups in total. The van der Waals surface area contributed by atoms with E-state index < -0.39 is 18.8 Å². The molecule has 0 fully saturated rings. The zero-order valence-corrected chi connectivity index (χ0v) is 17.0. The van der Waals surface area contributed by atoms with Crippen LogP contribution in [-0.2, 0) is 9.84 Å². The summed E-state index contributed by atoms with van der Waals surface area (Å²) in [6, 6.07) is 3.00. The first kappa shape index (κ1) is 18.8. The van der Waals surface area contributed by atoms with E-state index in [1.165, 1.54) is 10.6 Å². The topological polar surface area (TPSA) is 52.0 Å². The minimum atomic E-state index is -4.73. The lowest BCUT2D eigenvalue weighted by Gasteiger charge is -2.12. The fourth-order valence-corrected chi connectivity index (χ4v) is 5.18. The Morgan fingerprint density at radius 1 is 1.23 bits per heavy atom. The van der Waals surface area contributed by atoms with Crippen LogP contribution in [0.15, 0.2) is 32.6 Å². The van der Waals surface area contributed by atoms with Gasteiger partial charge in [-0.2, -0.15) is 4.39 Å². The third kappa shape index (κ3) is 3.29. The predicted molar refractivity (Wildman–Crippen MR) is 91.7 cm³/mol. The Morgan fingerprint density at radius 2 is 1.82 bits per heavy atom. The van der Waals surface area contributed by atoms with E-state index in [0.717, 1.165) is 6.33 Å². The smallest absolute Gasteiger partial charge is 0.290 e. The van der Waals surface area contributed by atoms with E-state index in [-0.39, 0.29) is 9.63 Å². The summed E-state index contributed by atoms with van der Waals surface area (Å²) in [7, 11) is -4.73. The molecule has 0 spiro atoms. The van der Waals surface area contributed by atoms with Gasteiger partial charge < -0.3 is 0 Å². The molecular formula is C10H3Br2Cl4FN2O2S. The molecule has 0 amide bonds. The van der Waals surface area contributed by atoms with Crippen molar-refractivity contribution in [3.05, 3.63) is 37.6 Å². The Morgan fingerprint density at radius 3 is 2.32 bits per heavy atom. The zero-order chi connectivity index (χ0) is 16.9. The second-order valence-corrected chi connectivity index (χ2v) is 9.97. The molecule has 0 radical (unpaired) electrons. The highest BCUT2D eigenvalue weighted by Crippen LogP contribution is 2.40. The van der Waals surface area contributed by atoms with Gasteiger partial charge in [-0.3, -0.25) is 4.57 Å². The number of benzene rings is 1. The molecule has 0 saturated carbocycles. The number of halogens is 7. The summed E-state index contributed by atoms with van der Waals surface area (Å²) in [6.07, 6.45) is 1.12. The molecule has 120 valence electrons. The number of alkyl halides is 3. The number of rotatable bonds is 3. The van der Waals surface area contributed by atoms with E-state index in [4.69, 9.17) is 46.4 Å². The second-order valence-electron chi connectivity index (χ2n) is 3.88. The van der Waals surface area contributed by atoms with Crippen molar-refractivity contribution >= 4 is 88.1 Å². The SMILES string of the molecule is O=S(=O)(c1ncn(-c2c(Cl)cc(Cl)cc2Br)c1Br)C(F)(Cl)Cl. The Labute approximate surface area is 161 Å². The minimum absolute atomic E-state index is 0.0965. The lowest BCUT2D eigenvalue weighted by atomic mass is 10.3. The van der Waals surface area contributed by atoms with Crippen LogP contribution < -0.4 is 0 Å². The van der Waals surface area contributed by atoms with Gasteiger partial charge in [-0.05, 0) is 67.2 Å². The molecule has 1 heterocycles. The number of aromatic nitrogens is 2. The van der Waals surface area contributed by atoms with Crippen LogP contribution in [0, 0.1) is 0 Å². The molecule has 0 bridgehead atoms. The molecule has 0 aliphatic rings. The van der Waals surface area contributed by atoms with Crippen LogP contribution >= 0.6 is 78.3 Å². The fraction of sp³-hybridized carbons (Fsp3) is 0.100. The third-order valence-corrected chi connectivity index (χ3v) is 7.23. The molecular weight excluding hydrogens is 533 g/mol. The molecule has 2 aromatic rings. The Balaban J connectivity index is 2.69. The van der Waals surface area contributed by atoms with Crippen molar-refractivity contribution in [2.75, 3.05) is 0 Å². The standard InChI is InChI=1S/C10H3Br2Cl4FN2O2S/c11-5-1-4(13)2-6(14)7(5)19-3-18-9(8(19)12)22(20,21)10(15,16)17/h1-3H. The maximum atomic E-state index is 13.5. The van der Waals surface area contributed by atoms with Gasteiger partial charge in [0.1, 0.15) is 10.9 Å². The first-order valence-corrected chi connectivity index (χ1v) is 9.74. The van der Waals surface area contributed by atoms with Gasteiger partial charge in [0.2, 0.25) is 0 Å². The predicted octanol–water partition coefficient (Wildman–Crippen LogP) is 5.54. The summed E-state index contributed by atoms with van der Waals surface area (Å²) in [4.78, 5) is 3.64. The van der Waals surface area contributed by atoms with Gasteiger partial charge in [-0.1, -0.05) is 23.2 Å². The van der Waals surface area contributed by atoms with Gasteiger partial charge in [0, 0.05) is 9.50 Å². The molecule has 0 unspecified atom stereocenters. The average molecular weight is 536 g/mol. The molecule has 12 heteroatoms. The van der Waals surface area contributed by atoms with Gasteiger partial charge in [0.15, 0.2) is 5.03 Å². The lowest BCUT2D eigenvalue weighted by molar-refractivity contribution is 0.467. The van der Waals surface area contributed by atoms with E-state index in [1.54, 1.807) is 6.07 Å². The second kappa shape index (κ2) is 6.38. The maximum Gasteiger partial charge on any atom is 0.364 e. The Hall–Kier alpha value is 0.430. The first-order chi connectivity index (χ1) is 9.96. The number of imidazole rings is 1.